The van der Waals surface area contributed by atoms with Crippen molar-refractivity contribution in [2.24, 2.45) is 0 Å². The van der Waals surface area contributed by atoms with Gasteiger partial charge in [-0.25, -0.2) is 4.98 Å². The molecule has 0 N–H and O–H groups in total. The van der Waals surface area contributed by atoms with Crippen molar-refractivity contribution in [2.75, 3.05) is 6.61 Å². The molecule has 0 atom stereocenters. The SMILES string of the molecule is Cc1cccc2nc(COC(=O)CCCOc3ccc(C(C)(C)C)cc3)cc(=O)n12. The van der Waals surface area contributed by atoms with Crippen LogP contribution in [0.4, 0.5) is 0 Å². The normalized spacial score (nSPS) is 11.5. The quantitative estimate of drug-likeness (QED) is 0.433. The average Bonchev–Trinajstić information content (AvgIpc) is 2.69. The van der Waals surface area contributed by atoms with Gasteiger partial charge in [-0.05, 0) is 48.6 Å². The van der Waals surface area contributed by atoms with E-state index in [2.05, 4.69) is 37.9 Å². The van der Waals surface area contributed by atoms with E-state index in [4.69, 9.17) is 9.47 Å². The summed E-state index contributed by atoms with van der Waals surface area (Å²) in [6.45, 7) is 8.75. The van der Waals surface area contributed by atoms with Crippen LogP contribution in [-0.4, -0.2) is 22.0 Å². The first-order valence-corrected chi connectivity index (χ1v) is 10.1. The zero-order valence-corrected chi connectivity index (χ0v) is 18.0. The Hall–Kier alpha value is -3.15. The molecule has 6 nitrogen and oxygen atoms in total. The number of hydrogen-bond donors (Lipinski definition) is 0. The van der Waals surface area contributed by atoms with Gasteiger partial charge in [-0.1, -0.05) is 39.0 Å². The number of carbonyl (C=O) groups is 1. The highest BCUT2D eigenvalue weighted by Gasteiger charge is 2.13. The van der Waals surface area contributed by atoms with Gasteiger partial charge < -0.3 is 9.47 Å². The number of carbonyl (C=O) groups excluding carboxylic acids is 1. The molecule has 0 aliphatic carbocycles. The van der Waals surface area contributed by atoms with Crippen LogP contribution >= 0.6 is 0 Å². The minimum absolute atomic E-state index is 0.0202. The van der Waals surface area contributed by atoms with Crippen LogP contribution in [0.2, 0.25) is 0 Å². The lowest BCUT2D eigenvalue weighted by molar-refractivity contribution is -0.145. The average molecular weight is 408 g/mol. The van der Waals surface area contributed by atoms with Gasteiger partial charge in [0.25, 0.3) is 5.56 Å². The Morgan fingerprint density at radius 2 is 1.83 bits per heavy atom. The zero-order valence-electron chi connectivity index (χ0n) is 18.0. The second-order valence-corrected chi connectivity index (χ2v) is 8.33. The smallest absolute Gasteiger partial charge is 0.306 e. The number of hydrogen-bond acceptors (Lipinski definition) is 5. The number of fused-ring (bicyclic) bond motifs is 1. The van der Waals surface area contributed by atoms with Gasteiger partial charge in [-0.15, -0.1) is 0 Å². The van der Waals surface area contributed by atoms with E-state index < -0.39 is 0 Å². The number of aryl methyl sites for hydroxylation is 1. The van der Waals surface area contributed by atoms with Gasteiger partial charge in [-0.2, -0.15) is 0 Å². The second-order valence-electron chi connectivity index (χ2n) is 8.33. The van der Waals surface area contributed by atoms with E-state index in [1.165, 1.54) is 16.0 Å². The van der Waals surface area contributed by atoms with Gasteiger partial charge in [0.2, 0.25) is 0 Å². The monoisotopic (exact) mass is 408 g/mol. The number of aromatic nitrogens is 2. The number of pyridine rings is 1. The lowest BCUT2D eigenvalue weighted by atomic mass is 9.87. The summed E-state index contributed by atoms with van der Waals surface area (Å²) in [6.07, 6.45) is 0.790. The fraction of sp³-hybridized carbons (Fsp3) is 0.375. The van der Waals surface area contributed by atoms with Crippen LogP contribution in [0.5, 0.6) is 5.75 Å². The lowest BCUT2D eigenvalue weighted by Crippen LogP contribution is -2.18. The standard InChI is InChI=1S/C24H28N2O4/c1-17-7-5-8-21-25-19(15-22(27)26(17)21)16-30-23(28)9-6-14-29-20-12-10-18(11-13-20)24(2,3)4/h5,7-8,10-13,15H,6,9,14,16H2,1-4H3. The summed E-state index contributed by atoms with van der Waals surface area (Å²) >= 11 is 0. The summed E-state index contributed by atoms with van der Waals surface area (Å²) in [5.74, 6) is 0.445. The van der Waals surface area contributed by atoms with Gasteiger partial charge in [-0.3, -0.25) is 14.0 Å². The van der Waals surface area contributed by atoms with Crippen LogP contribution in [0.1, 0.15) is 50.6 Å². The Morgan fingerprint density at radius 1 is 1.10 bits per heavy atom. The van der Waals surface area contributed by atoms with Gasteiger partial charge in [0.1, 0.15) is 18.0 Å². The third-order valence-electron chi connectivity index (χ3n) is 4.83. The minimum atomic E-state index is -0.340. The number of ether oxygens (including phenoxy) is 2. The Labute approximate surface area is 176 Å². The Balaban J connectivity index is 1.44. The number of nitrogens with zero attached hydrogens (tertiary/aromatic N) is 2. The Morgan fingerprint density at radius 3 is 2.53 bits per heavy atom. The maximum atomic E-state index is 12.3. The van der Waals surface area contributed by atoms with Crippen molar-refractivity contribution < 1.29 is 14.3 Å². The first-order valence-electron chi connectivity index (χ1n) is 10.1. The molecule has 3 aromatic rings. The summed E-state index contributed by atoms with van der Waals surface area (Å²) in [7, 11) is 0. The lowest BCUT2D eigenvalue weighted by Gasteiger charge is -2.19. The summed E-state index contributed by atoms with van der Waals surface area (Å²) in [5.41, 5.74) is 2.95. The van der Waals surface area contributed by atoms with E-state index in [1.54, 1.807) is 6.07 Å². The first-order chi connectivity index (χ1) is 14.2. The van der Waals surface area contributed by atoms with Crippen molar-refractivity contribution in [1.82, 2.24) is 9.38 Å². The van der Waals surface area contributed by atoms with Crippen molar-refractivity contribution in [3.63, 3.8) is 0 Å². The molecule has 1 aromatic carbocycles. The van der Waals surface area contributed by atoms with E-state index in [1.807, 2.05) is 31.2 Å². The zero-order chi connectivity index (χ0) is 21.7. The molecule has 0 aliphatic rings. The van der Waals surface area contributed by atoms with Crippen molar-refractivity contribution in [3.05, 3.63) is 75.8 Å². The minimum Gasteiger partial charge on any atom is -0.494 e. The van der Waals surface area contributed by atoms with Crippen LogP contribution in [0.15, 0.2) is 53.3 Å². The summed E-state index contributed by atoms with van der Waals surface area (Å²) in [5, 5.41) is 0. The van der Waals surface area contributed by atoms with E-state index in [0.717, 1.165) is 11.4 Å². The van der Waals surface area contributed by atoms with Gasteiger partial charge in [0, 0.05) is 18.2 Å². The predicted octanol–water partition coefficient (Wildman–Crippen LogP) is 4.20. The second kappa shape index (κ2) is 9.11. The van der Waals surface area contributed by atoms with Gasteiger partial charge >= 0.3 is 5.97 Å². The number of benzene rings is 1. The Kier molecular flexibility index (Phi) is 6.55. The molecule has 2 aromatic heterocycles. The fourth-order valence-electron chi connectivity index (χ4n) is 3.12. The topological polar surface area (TPSA) is 69.9 Å². The highest BCUT2D eigenvalue weighted by molar-refractivity contribution is 5.69. The molecule has 30 heavy (non-hydrogen) atoms. The van der Waals surface area contributed by atoms with Crippen LogP contribution in [0.3, 0.4) is 0 Å². The molecule has 0 bridgehead atoms. The Bertz CT molecular complexity index is 1080. The molecule has 0 aliphatic heterocycles. The molecule has 0 radical (unpaired) electrons. The molecule has 0 spiro atoms. The van der Waals surface area contributed by atoms with Crippen LogP contribution in [0.25, 0.3) is 5.65 Å². The highest BCUT2D eigenvalue weighted by atomic mass is 16.5. The predicted molar refractivity (Wildman–Crippen MR) is 116 cm³/mol. The molecule has 6 heteroatoms. The first kappa shape index (κ1) is 21.6. The summed E-state index contributed by atoms with van der Waals surface area (Å²) in [6, 6.07) is 14.9. The number of esters is 1. The van der Waals surface area contributed by atoms with Crippen LogP contribution in [-0.2, 0) is 21.6 Å². The number of rotatable bonds is 7. The van der Waals surface area contributed by atoms with E-state index in [-0.39, 0.29) is 30.0 Å². The van der Waals surface area contributed by atoms with Crippen molar-refractivity contribution in [2.45, 2.75) is 52.6 Å². The fourth-order valence-corrected chi connectivity index (χ4v) is 3.12. The van der Waals surface area contributed by atoms with E-state index in [9.17, 15) is 9.59 Å². The van der Waals surface area contributed by atoms with Crippen molar-refractivity contribution >= 4 is 11.6 Å². The molecule has 0 unspecified atom stereocenters. The van der Waals surface area contributed by atoms with Crippen molar-refractivity contribution in [3.8, 4) is 5.75 Å². The molecule has 2 heterocycles. The maximum absolute atomic E-state index is 12.3. The summed E-state index contributed by atoms with van der Waals surface area (Å²) in [4.78, 5) is 28.6. The third-order valence-corrected chi connectivity index (χ3v) is 4.83. The molecule has 0 saturated heterocycles. The van der Waals surface area contributed by atoms with Crippen LogP contribution in [0, 0.1) is 6.92 Å². The van der Waals surface area contributed by atoms with E-state index >= 15 is 0 Å². The molecule has 0 saturated carbocycles. The highest BCUT2D eigenvalue weighted by Crippen LogP contribution is 2.24. The summed E-state index contributed by atoms with van der Waals surface area (Å²) < 4.78 is 12.5. The van der Waals surface area contributed by atoms with Crippen LogP contribution < -0.4 is 10.3 Å². The van der Waals surface area contributed by atoms with Gasteiger partial charge in [0.15, 0.2) is 0 Å². The molecule has 0 amide bonds. The largest absolute Gasteiger partial charge is 0.494 e. The molecular formula is C24H28N2O4. The van der Waals surface area contributed by atoms with E-state index in [0.29, 0.717) is 24.4 Å². The third kappa shape index (κ3) is 5.47. The molecule has 0 fully saturated rings. The van der Waals surface area contributed by atoms with Gasteiger partial charge in [0.05, 0.1) is 12.3 Å². The maximum Gasteiger partial charge on any atom is 0.306 e. The van der Waals surface area contributed by atoms with Crippen molar-refractivity contribution in [1.29, 1.82) is 0 Å². The molecular weight excluding hydrogens is 380 g/mol. The molecule has 3 rings (SSSR count). The molecule has 158 valence electrons.